The van der Waals surface area contributed by atoms with Gasteiger partial charge in [-0.1, -0.05) is 13.8 Å². The SMILES string of the molecule is CCCNC1(CC(=O)OCC)CC(C)C1. The third kappa shape index (κ3) is 3.49. The molecule has 1 saturated carbocycles. The number of esters is 1. The summed E-state index contributed by atoms with van der Waals surface area (Å²) in [6.45, 7) is 7.71. The van der Waals surface area contributed by atoms with Gasteiger partial charge in [0.1, 0.15) is 0 Å². The summed E-state index contributed by atoms with van der Waals surface area (Å²) in [5.74, 6) is 0.678. The Labute approximate surface area is 92.6 Å². The molecule has 0 saturated heterocycles. The molecule has 0 amide bonds. The minimum absolute atomic E-state index is 0.0433. The van der Waals surface area contributed by atoms with Gasteiger partial charge in [0.05, 0.1) is 13.0 Å². The Morgan fingerprint density at radius 3 is 2.60 bits per heavy atom. The maximum Gasteiger partial charge on any atom is 0.307 e. The van der Waals surface area contributed by atoms with Crippen molar-refractivity contribution in [3.8, 4) is 0 Å². The predicted molar refractivity (Wildman–Crippen MR) is 60.7 cm³/mol. The number of ether oxygens (including phenoxy) is 1. The van der Waals surface area contributed by atoms with Gasteiger partial charge in [-0.25, -0.2) is 0 Å². The number of carbonyl (C=O) groups excluding carboxylic acids is 1. The molecule has 0 spiro atoms. The average molecular weight is 213 g/mol. The van der Waals surface area contributed by atoms with Crippen molar-refractivity contribution in [2.45, 2.75) is 52.0 Å². The first-order chi connectivity index (χ1) is 7.12. The zero-order valence-corrected chi connectivity index (χ0v) is 10.1. The maximum absolute atomic E-state index is 11.5. The fourth-order valence-corrected chi connectivity index (χ4v) is 2.50. The van der Waals surface area contributed by atoms with Crippen LogP contribution < -0.4 is 5.32 Å². The van der Waals surface area contributed by atoms with Crippen LogP contribution in [0.25, 0.3) is 0 Å². The van der Waals surface area contributed by atoms with E-state index >= 15 is 0 Å². The van der Waals surface area contributed by atoms with Crippen molar-refractivity contribution in [2.24, 2.45) is 5.92 Å². The molecule has 0 aromatic heterocycles. The highest BCUT2D eigenvalue weighted by Gasteiger charge is 2.43. The Morgan fingerprint density at radius 2 is 2.13 bits per heavy atom. The molecule has 0 bridgehead atoms. The molecule has 1 aliphatic rings. The van der Waals surface area contributed by atoms with Crippen LogP contribution in [0.1, 0.15) is 46.5 Å². The van der Waals surface area contributed by atoms with Crippen molar-refractivity contribution in [1.82, 2.24) is 5.32 Å². The van der Waals surface area contributed by atoms with Gasteiger partial charge >= 0.3 is 5.97 Å². The van der Waals surface area contributed by atoms with Crippen molar-refractivity contribution >= 4 is 5.97 Å². The lowest BCUT2D eigenvalue weighted by atomic mass is 9.67. The number of hydrogen-bond acceptors (Lipinski definition) is 3. The lowest BCUT2D eigenvalue weighted by molar-refractivity contribution is -0.146. The summed E-state index contributed by atoms with van der Waals surface area (Å²) < 4.78 is 5.01. The highest BCUT2D eigenvalue weighted by atomic mass is 16.5. The fraction of sp³-hybridized carbons (Fsp3) is 0.917. The quantitative estimate of drug-likeness (QED) is 0.687. The Hall–Kier alpha value is -0.570. The van der Waals surface area contributed by atoms with Gasteiger partial charge in [0.25, 0.3) is 0 Å². The van der Waals surface area contributed by atoms with Crippen LogP contribution in [-0.4, -0.2) is 24.7 Å². The van der Waals surface area contributed by atoms with Crippen LogP contribution in [-0.2, 0) is 9.53 Å². The molecule has 1 rings (SSSR count). The van der Waals surface area contributed by atoms with E-state index in [1.165, 1.54) is 0 Å². The number of carbonyl (C=O) groups is 1. The molecule has 0 unspecified atom stereocenters. The van der Waals surface area contributed by atoms with E-state index in [-0.39, 0.29) is 11.5 Å². The second-order valence-electron chi connectivity index (χ2n) is 4.70. The molecule has 1 aliphatic carbocycles. The van der Waals surface area contributed by atoms with E-state index in [9.17, 15) is 4.79 Å². The second kappa shape index (κ2) is 5.50. The van der Waals surface area contributed by atoms with Crippen LogP contribution >= 0.6 is 0 Å². The first kappa shape index (κ1) is 12.5. The van der Waals surface area contributed by atoms with E-state index < -0.39 is 0 Å². The molecule has 0 atom stereocenters. The first-order valence-corrected chi connectivity index (χ1v) is 6.02. The molecule has 0 aromatic carbocycles. The molecular weight excluding hydrogens is 190 g/mol. The van der Waals surface area contributed by atoms with Crippen molar-refractivity contribution in [2.75, 3.05) is 13.2 Å². The Bertz CT molecular complexity index is 210. The Balaban J connectivity index is 2.40. The van der Waals surface area contributed by atoms with E-state index in [4.69, 9.17) is 4.74 Å². The third-order valence-electron chi connectivity index (χ3n) is 3.02. The average Bonchev–Trinajstić information content (AvgIpc) is 2.12. The van der Waals surface area contributed by atoms with E-state index in [2.05, 4.69) is 19.2 Å². The number of hydrogen-bond donors (Lipinski definition) is 1. The highest BCUT2D eigenvalue weighted by Crippen LogP contribution is 2.40. The minimum Gasteiger partial charge on any atom is -0.466 e. The largest absolute Gasteiger partial charge is 0.466 e. The monoisotopic (exact) mass is 213 g/mol. The molecule has 0 radical (unpaired) electrons. The minimum atomic E-state index is -0.0620. The van der Waals surface area contributed by atoms with Crippen LogP contribution in [0.2, 0.25) is 0 Å². The lowest BCUT2D eigenvalue weighted by Crippen LogP contribution is -2.56. The van der Waals surface area contributed by atoms with Crippen molar-refractivity contribution < 1.29 is 9.53 Å². The van der Waals surface area contributed by atoms with Gasteiger partial charge in [-0.15, -0.1) is 0 Å². The molecule has 1 N–H and O–H groups in total. The van der Waals surface area contributed by atoms with Gasteiger partial charge in [0.2, 0.25) is 0 Å². The van der Waals surface area contributed by atoms with Crippen LogP contribution in [0.3, 0.4) is 0 Å². The Morgan fingerprint density at radius 1 is 1.47 bits per heavy atom. The topological polar surface area (TPSA) is 38.3 Å². The standard InChI is InChI=1S/C12H23NO2/c1-4-6-13-12(7-10(3)8-12)9-11(14)15-5-2/h10,13H,4-9H2,1-3H3. The molecule has 0 aromatic rings. The summed E-state index contributed by atoms with van der Waals surface area (Å²) in [4.78, 5) is 11.5. The molecule has 0 heterocycles. The summed E-state index contributed by atoms with van der Waals surface area (Å²) in [5.41, 5.74) is 0.0433. The third-order valence-corrected chi connectivity index (χ3v) is 3.02. The fourth-order valence-electron chi connectivity index (χ4n) is 2.50. The molecule has 88 valence electrons. The van der Waals surface area contributed by atoms with E-state index in [0.717, 1.165) is 31.7 Å². The van der Waals surface area contributed by atoms with Crippen molar-refractivity contribution in [1.29, 1.82) is 0 Å². The lowest BCUT2D eigenvalue weighted by Gasteiger charge is -2.46. The Kier molecular flexibility index (Phi) is 4.58. The molecule has 15 heavy (non-hydrogen) atoms. The van der Waals surface area contributed by atoms with E-state index in [1.807, 2.05) is 6.92 Å². The maximum atomic E-state index is 11.5. The molecule has 3 nitrogen and oxygen atoms in total. The highest BCUT2D eigenvalue weighted by molar-refractivity contribution is 5.71. The number of rotatable bonds is 6. The van der Waals surface area contributed by atoms with Gasteiger partial charge in [-0.05, 0) is 38.6 Å². The van der Waals surface area contributed by atoms with Gasteiger partial charge in [-0.3, -0.25) is 4.79 Å². The van der Waals surface area contributed by atoms with Crippen LogP contribution in [0.5, 0.6) is 0 Å². The summed E-state index contributed by atoms with van der Waals surface area (Å²) in [6.07, 6.45) is 3.85. The molecule has 3 heteroatoms. The van der Waals surface area contributed by atoms with Crippen LogP contribution in [0.15, 0.2) is 0 Å². The summed E-state index contributed by atoms with van der Waals surface area (Å²) >= 11 is 0. The van der Waals surface area contributed by atoms with E-state index in [0.29, 0.717) is 13.0 Å². The zero-order valence-electron chi connectivity index (χ0n) is 10.1. The van der Waals surface area contributed by atoms with Gasteiger partial charge in [-0.2, -0.15) is 0 Å². The smallest absolute Gasteiger partial charge is 0.307 e. The van der Waals surface area contributed by atoms with Gasteiger partial charge in [0, 0.05) is 5.54 Å². The molecule has 0 aliphatic heterocycles. The van der Waals surface area contributed by atoms with Crippen LogP contribution in [0, 0.1) is 5.92 Å². The van der Waals surface area contributed by atoms with Crippen LogP contribution in [0.4, 0.5) is 0 Å². The second-order valence-corrected chi connectivity index (χ2v) is 4.70. The predicted octanol–water partition coefficient (Wildman–Crippen LogP) is 2.11. The number of nitrogens with one attached hydrogen (secondary N) is 1. The molecule has 1 fully saturated rings. The zero-order chi connectivity index (χ0) is 11.3. The summed E-state index contributed by atoms with van der Waals surface area (Å²) in [7, 11) is 0. The van der Waals surface area contributed by atoms with Gasteiger partial charge in [0.15, 0.2) is 0 Å². The normalized spacial score (nSPS) is 29.7. The van der Waals surface area contributed by atoms with Crippen molar-refractivity contribution in [3.05, 3.63) is 0 Å². The van der Waals surface area contributed by atoms with Gasteiger partial charge < -0.3 is 10.1 Å². The molecular formula is C12H23NO2. The van der Waals surface area contributed by atoms with E-state index in [1.54, 1.807) is 0 Å². The summed E-state index contributed by atoms with van der Waals surface area (Å²) in [6, 6.07) is 0. The van der Waals surface area contributed by atoms with Crippen molar-refractivity contribution in [3.63, 3.8) is 0 Å². The summed E-state index contributed by atoms with van der Waals surface area (Å²) in [5, 5.41) is 3.50. The first-order valence-electron chi connectivity index (χ1n) is 6.02.